The monoisotopic (exact) mass is 358 g/mol. The van der Waals surface area contributed by atoms with E-state index in [4.69, 9.17) is 9.47 Å². The molecule has 2 aromatic carbocycles. The van der Waals surface area contributed by atoms with Crippen molar-refractivity contribution < 1.29 is 24.2 Å². The van der Waals surface area contributed by atoms with Crippen molar-refractivity contribution >= 4 is 17.6 Å². The fourth-order valence-electron chi connectivity index (χ4n) is 2.41. The molecule has 3 N–H and O–H groups in total. The predicted molar refractivity (Wildman–Crippen MR) is 97.6 cm³/mol. The molecule has 0 fully saturated rings. The number of carboxylic acid groups (broad SMARTS) is 1. The molecule has 7 nitrogen and oxygen atoms in total. The molecule has 0 saturated heterocycles. The molecule has 0 spiro atoms. The fraction of sp³-hybridized carbons (Fsp3) is 0.263. The molecule has 0 saturated carbocycles. The molecule has 2 aromatic rings. The lowest BCUT2D eigenvalue weighted by Gasteiger charge is -2.26. The molecule has 7 heteroatoms. The van der Waals surface area contributed by atoms with Gasteiger partial charge in [-0.15, -0.1) is 0 Å². The quantitative estimate of drug-likeness (QED) is 0.670. The summed E-state index contributed by atoms with van der Waals surface area (Å²) in [5, 5.41) is 15.1. The Morgan fingerprint density at radius 1 is 1.04 bits per heavy atom. The minimum Gasteiger partial charge on any atom is -0.497 e. The van der Waals surface area contributed by atoms with Gasteiger partial charge < -0.3 is 19.9 Å². The van der Waals surface area contributed by atoms with Crippen molar-refractivity contribution in [1.29, 1.82) is 0 Å². The van der Waals surface area contributed by atoms with Gasteiger partial charge in [0.05, 0.1) is 20.8 Å². The van der Waals surface area contributed by atoms with E-state index in [9.17, 15) is 14.7 Å². The van der Waals surface area contributed by atoms with E-state index in [1.54, 1.807) is 48.5 Å². The van der Waals surface area contributed by atoms with Crippen LogP contribution in [0.2, 0.25) is 0 Å². The second kappa shape index (κ2) is 8.35. The van der Waals surface area contributed by atoms with E-state index in [0.29, 0.717) is 22.7 Å². The molecule has 0 aromatic heterocycles. The van der Waals surface area contributed by atoms with Crippen LogP contribution >= 0.6 is 0 Å². The number of methoxy groups -OCH3 is 2. The van der Waals surface area contributed by atoms with Crippen LogP contribution < -0.4 is 20.1 Å². The third kappa shape index (κ3) is 4.52. The zero-order valence-electron chi connectivity index (χ0n) is 14.9. The Hall–Kier alpha value is -3.06. The first-order valence-electron chi connectivity index (χ1n) is 7.96. The van der Waals surface area contributed by atoms with Crippen molar-refractivity contribution in [3.8, 4) is 11.5 Å². The smallest absolute Gasteiger partial charge is 0.328 e. The molecule has 26 heavy (non-hydrogen) atoms. The largest absolute Gasteiger partial charge is 0.497 e. The van der Waals surface area contributed by atoms with Crippen LogP contribution in [0.4, 0.5) is 5.69 Å². The fourth-order valence-corrected chi connectivity index (χ4v) is 2.41. The Kier molecular flexibility index (Phi) is 6.19. The molecule has 1 amide bonds. The average molecular weight is 358 g/mol. The predicted octanol–water partition coefficient (Wildman–Crippen LogP) is 2.23. The van der Waals surface area contributed by atoms with Gasteiger partial charge in [-0.05, 0) is 12.5 Å². The Bertz CT molecular complexity index is 757. The van der Waals surface area contributed by atoms with Crippen molar-refractivity contribution in [2.75, 3.05) is 26.1 Å². The maximum atomic E-state index is 12.3. The Labute approximate surface area is 151 Å². The van der Waals surface area contributed by atoms with Crippen LogP contribution in [0.25, 0.3) is 0 Å². The summed E-state index contributed by atoms with van der Waals surface area (Å²) in [5.41, 5.74) is -0.335. The number of carboxylic acids is 1. The minimum absolute atomic E-state index is 0.183. The van der Waals surface area contributed by atoms with Gasteiger partial charge in [-0.25, -0.2) is 4.79 Å². The summed E-state index contributed by atoms with van der Waals surface area (Å²) < 4.78 is 10.3. The second-order valence-electron chi connectivity index (χ2n) is 5.80. The molecule has 0 aliphatic rings. The third-order valence-corrected chi connectivity index (χ3v) is 4.02. The highest BCUT2D eigenvalue weighted by Crippen LogP contribution is 2.26. The van der Waals surface area contributed by atoms with Gasteiger partial charge in [0.1, 0.15) is 17.0 Å². The molecule has 1 atom stereocenters. The van der Waals surface area contributed by atoms with Crippen molar-refractivity contribution in [2.45, 2.75) is 12.5 Å². The van der Waals surface area contributed by atoms with E-state index in [-0.39, 0.29) is 12.5 Å². The summed E-state index contributed by atoms with van der Waals surface area (Å²) in [5.74, 6) is -0.386. The normalized spacial score (nSPS) is 12.7. The van der Waals surface area contributed by atoms with Gasteiger partial charge in [0.15, 0.2) is 0 Å². The lowest BCUT2D eigenvalue weighted by atomic mass is 9.92. The molecule has 0 radical (unpaired) electrons. The molecule has 0 bridgehead atoms. The molecular weight excluding hydrogens is 336 g/mol. The number of benzene rings is 2. The standard InChI is InChI=1S/C19H22N2O5/c1-19(18(23)24,13-7-5-4-6-8-13)20-12-17(22)21-14-9-15(25-2)11-16(10-14)26-3/h4-11,20H,12H2,1-3H3,(H,21,22)(H,23,24). The molecule has 1 unspecified atom stereocenters. The molecular formula is C19H22N2O5. The van der Waals surface area contributed by atoms with E-state index in [0.717, 1.165) is 0 Å². The summed E-state index contributed by atoms with van der Waals surface area (Å²) in [4.78, 5) is 24.0. The first-order chi connectivity index (χ1) is 12.4. The van der Waals surface area contributed by atoms with E-state index >= 15 is 0 Å². The SMILES string of the molecule is COc1cc(NC(=O)CNC(C)(C(=O)O)c2ccccc2)cc(OC)c1. The summed E-state index contributed by atoms with van der Waals surface area (Å²) in [7, 11) is 3.03. The summed E-state index contributed by atoms with van der Waals surface area (Å²) in [6.07, 6.45) is 0. The van der Waals surface area contributed by atoms with Gasteiger partial charge in [-0.1, -0.05) is 30.3 Å². The van der Waals surface area contributed by atoms with Crippen LogP contribution in [0, 0.1) is 0 Å². The Morgan fingerprint density at radius 2 is 1.62 bits per heavy atom. The van der Waals surface area contributed by atoms with Crippen molar-refractivity contribution in [3.05, 3.63) is 54.1 Å². The van der Waals surface area contributed by atoms with Crippen LogP contribution in [-0.2, 0) is 15.1 Å². The Morgan fingerprint density at radius 3 is 2.12 bits per heavy atom. The topological polar surface area (TPSA) is 96.9 Å². The van der Waals surface area contributed by atoms with E-state index < -0.39 is 11.5 Å². The molecule has 0 aliphatic carbocycles. The Balaban J connectivity index is 2.09. The molecule has 2 rings (SSSR count). The van der Waals surface area contributed by atoms with Crippen LogP contribution in [0.15, 0.2) is 48.5 Å². The van der Waals surface area contributed by atoms with Crippen LogP contribution in [0.3, 0.4) is 0 Å². The number of ether oxygens (including phenoxy) is 2. The van der Waals surface area contributed by atoms with Gasteiger partial charge in [0.25, 0.3) is 0 Å². The number of aliphatic carboxylic acids is 1. The number of rotatable bonds is 8. The van der Waals surface area contributed by atoms with Crippen molar-refractivity contribution in [3.63, 3.8) is 0 Å². The molecule has 0 heterocycles. The number of carbonyl (C=O) groups is 2. The number of hydrogen-bond acceptors (Lipinski definition) is 5. The van der Waals surface area contributed by atoms with Gasteiger partial charge in [-0.3, -0.25) is 10.1 Å². The number of carbonyl (C=O) groups excluding carboxylic acids is 1. The molecule has 138 valence electrons. The van der Waals surface area contributed by atoms with Gasteiger partial charge in [0.2, 0.25) is 5.91 Å². The first kappa shape index (κ1) is 19.3. The van der Waals surface area contributed by atoms with Crippen LogP contribution in [0.5, 0.6) is 11.5 Å². The second-order valence-corrected chi connectivity index (χ2v) is 5.80. The number of nitrogens with one attached hydrogen (secondary N) is 2. The van der Waals surface area contributed by atoms with E-state index in [2.05, 4.69) is 10.6 Å². The van der Waals surface area contributed by atoms with Gasteiger partial charge in [0, 0.05) is 23.9 Å². The highest BCUT2D eigenvalue weighted by Gasteiger charge is 2.35. The number of anilines is 1. The zero-order valence-corrected chi connectivity index (χ0v) is 14.9. The van der Waals surface area contributed by atoms with Crippen LogP contribution in [-0.4, -0.2) is 37.7 Å². The summed E-state index contributed by atoms with van der Waals surface area (Å²) >= 11 is 0. The maximum Gasteiger partial charge on any atom is 0.328 e. The molecule has 0 aliphatic heterocycles. The number of hydrogen-bond donors (Lipinski definition) is 3. The van der Waals surface area contributed by atoms with Crippen molar-refractivity contribution in [1.82, 2.24) is 5.32 Å². The van der Waals surface area contributed by atoms with Crippen LogP contribution in [0.1, 0.15) is 12.5 Å². The average Bonchev–Trinajstić information content (AvgIpc) is 2.66. The summed E-state index contributed by atoms with van der Waals surface area (Å²) in [6.45, 7) is 1.34. The maximum absolute atomic E-state index is 12.3. The third-order valence-electron chi connectivity index (χ3n) is 4.02. The van der Waals surface area contributed by atoms with E-state index in [1.165, 1.54) is 21.1 Å². The summed E-state index contributed by atoms with van der Waals surface area (Å²) in [6, 6.07) is 13.7. The lowest BCUT2D eigenvalue weighted by molar-refractivity contribution is -0.144. The highest BCUT2D eigenvalue weighted by atomic mass is 16.5. The minimum atomic E-state index is -1.38. The van der Waals surface area contributed by atoms with Gasteiger partial charge in [-0.2, -0.15) is 0 Å². The number of amides is 1. The lowest BCUT2D eigenvalue weighted by Crippen LogP contribution is -2.49. The zero-order chi connectivity index (χ0) is 19.2. The van der Waals surface area contributed by atoms with E-state index in [1.807, 2.05) is 0 Å². The highest BCUT2D eigenvalue weighted by molar-refractivity contribution is 5.93. The van der Waals surface area contributed by atoms with Crippen molar-refractivity contribution in [2.24, 2.45) is 0 Å². The first-order valence-corrected chi connectivity index (χ1v) is 7.96. The van der Waals surface area contributed by atoms with Gasteiger partial charge >= 0.3 is 5.97 Å².